The van der Waals surface area contributed by atoms with Gasteiger partial charge in [0.15, 0.2) is 5.69 Å². The van der Waals surface area contributed by atoms with Crippen LogP contribution in [0.15, 0.2) is 12.4 Å². The van der Waals surface area contributed by atoms with E-state index in [1.165, 1.54) is 7.11 Å². The van der Waals surface area contributed by atoms with E-state index in [9.17, 15) is 4.79 Å². The lowest BCUT2D eigenvalue weighted by Crippen LogP contribution is -2.14. The molecule has 0 amide bonds. The Bertz CT molecular complexity index is 600. The van der Waals surface area contributed by atoms with E-state index in [0.29, 0.717) is 6.54 Å². The first-order valence-electron chi connectivity index (χ1n) is 6.60. The molecule has 2 aromatic rings. The van der Waals surface area contributed by atoms with Crippen LogP contribution in [0.2, 0.25) is 0 Å². The van der Waals surface area contributed by atoms with Gasteiger partial charge in [0.25, 0.3) is 0 Å². The highest BCUT2D eigenvalue weighted by Gasteiger charge is 2.23. The van der Waals surface area contributed by atoms with Crippen molar-refractivity contribution in [3.8, 4) is 0 Å². The average molecular weight is 277 g/mol. The Balaban J connectivity index is 2.37. The minimum Gasteiger partial charge on any atom is -0.464 e. The highest BCUT2D eigenvalue weighted by atomic mass is 16.5. The molecular weight excluding hydrogens is 258 g/mol. The van der Waals surface area contributed by atoms with Gasteiger partial charge in [-0.15, -0.1) is 5.10 Å². The van der Waals surface area contributed by atoms with Crippen LogP contribution in [0.1, 0.15) is 48.7 Å². The van der Waals surface area contributed by atoms with Crippen LogP contribution < -0.4 is 0 Å². The number of carbonyl (C=O) groups excluding carboxylic acids is 1. The first-order valence-corrected chi connectivity index (χ1v) is 6.60. The number of nitrogens with zero attached hydrogens (tertiary/aromatic N) is 5. The molecular formula is C13H19N5O2. The summed E-state index contributed by atoms with van der Waals surface area (Å²) in [6, 6.07) is 0. The van der Waals surface area contributed by atoms with Gasteiger partial charge in [-0.05, 0) is 12.8 Å². The zero-order chi connectivity index (χ0) is 14.7. The molecule has 0 fully saturated rings. The molecule has 7 nitrogen and oxygen atoms in total. The van der Waals surface area contributed by atoms with Crippen molar-refractivity contribution < 1.29 is 9.53 Å². The van der Waals surface area contributed by atoms with Crippen LogP contribution >= 0.6 is 0 Å². The second-order valence-corrected chi connectivity index (χ2v) is 4.76. The van der Waals surface area contributed by atoms with Crippen molar-refractivity contribution in [1.82, 2.24) is 24.5 Å². The van der Waals surface area contributed by atoms with E-state index in [0.717, 1.165) is 18.1 Å². The molecule has 2 heterocycles. The van der Waals surface area contributed by atoms with Gasteiger partial charge in [-0.2, -0.15) is 0 Å². The Labute approximate surface area is 117 Å². The molecule has 20 heavy (non-hydrogen) atoms. The zero-order valence-corrected chi connectivity index (χ0v) is 12.2. The van der Waals surface area contributed by atoms with E-state index < -0.39 is 5.97 Å². The third-order valence-electron chi connectivity index (χ3n) is 3.13. The summed E-state index contributed by atoms with van der Waals surface area (Å²) in [5.41, 5.74) is 1.04. The predicted octanol–water partition coefficient (Wildman–Crippen LogP) is 1.45. The number of hydrogen-bond donors (Lipinski definition) is 0. The van der Waals surface area contributed by atoms with Crippen molar-refractivity contribution in [2.24, 2.45) is 0 Å². The summed E-state index contributed by atoms with van der Waals surface area (Å²) in [5, 5.41) is 8.01. The fraction of sp³-hybridized carbons (Fsp3) is 0.538. The smallest absolute Gasteiger partial charge is 0.360 e. The van der Waals surface area contributed by atoms with Gasteiger partial charge < -0.3 is 9.30 Å². The summed E-state index contributed by atoms with van der Waals surface area (Å²) in [4.78, 5) is 16.0. The van der Waals surface area contributed by atoms with Gasteiger partial charge in [0.2, 0.25) is 0 Å². The van der Waals surface area contributed by atoms with E-state index in [1.807, 2.05) is 24.6 Å². The molecule has 0 unspecified atom stereocenters. The maximum Gasteiger partial charge on any atom is 0.360 e. The van der Waals surface area contributed by atoms with Gasteiger partial charge in [-0.1, -0.05) is 19.1 Å². The second kappa shape index (κ2) is 5.85. The van der Waals surface area contributed by atoms with Crippen molar-refractivity contribution in [3.63, 3.8) is 0 Å². The minimum atomic E-state index is -0.459. The Morgan fingerprint density at radius 2 is 2.20 bits per heavy atom. The van der Waals surface area contributed by atoms with Crippen LogP contribution in [-0.4, -0.2) is 37.6 Å². The van der Waals surface area contributed by atoms with Crippen LogP contribution in [0.4, 0.5) is 0 Å². The third-order valence-corrected chi connectivity index (χ3v) is 3.13. The molecule has 0 aliphatic heterocycles. The Morgan fingerprint density at radius 1 is 1.45 bits per heavy atom. The number of carbonyl (C=O) groups is 1. The van der Waals surface area contributed by atoms with Gasteiger partial charge in [0.05, 0.1) is 12.8 Å². The fourth-order valence-corrected chi connectivity index (χ4v) is 2.16. The van der Waals surface area contributed by atoms with Gasteiger partial charge in [0, 0.05) is 18.9 Å². The van der Waals surface area contributed by atoms with Crippen molar-refractivity contribution in [3.05, 3.63) is 29.6 Å². The Hall–Kier alpha value is -2.18. The summed E-state index contributed by atoms with van der Waals surface area (Å²) in [7, 11) is 1.34. The maximum absolute atomic E-state index is 11.7. The highest BCUT2D eigenvalue weighted by Crippen LogP contribution is 2.19. The second-order valence-electron chi connectivity index (χ2n) is 4.76. The van der Waals surface area contributed by atoms with Crippen LogP contribution in [-0.2, 0) is 17.8 Å². The summed E-state index contributed by atoms with van der Waals surface area (Å²) in [6.45, 7) is 7.36. The molecule has 2 rings (SSSR count). The van der Waals surface area contributed by atoms with Crippen molar-refractivity contribution >= 4 is 5.97 Å². The number of aromatic nitrogens is 5. The topological polar surface area (TPSA) is 74.8 Å². The normalized spacial score (nSPS) is 11.1. The molecule has 108 valence electrons. The quantitative estimate of drug-likeness (QED) is 0.773. The maximum atomic E-state index is 11.7. The predicted molar refractivity (Wildman–Crippen MR) is 72.5 cm³/mol. The minimum absolute atomic E-state index is 0.115. The van der Waals surface area contributed by atoms with Crippen LogP contribution in [0, 0.1) is 0 Å². The Kier molecular flexibility index (Phi) is 4.16. The summed E-state index contributed by atoms with van der Waals surface area (Å²) in [5.74, 6) is 0.540. The lowest BCUT2D eigenvalue weighted by atomic mass is 10.1. The first kappa shape index (κ1) is 14.2. The SMILES string of the molecule is CCn1ccnc1Cn1nnc(C(=O)OC)c1C(C)C. The summed E-state index contributed by atoms with van der Waals surface area (Å²) >= 11 is 0. The molecule has 0 atom stereocenters. The first-order chi connectivity index (χ1) is 9.58. The monoisotopic (exact) mass is 277 g/mol. The van der Waals surface area contributed by atoms with Gasteiger partial charge in [-0.3, -0.25) is 0 Å². The third kappa shape index (κ3) is 2.56. The van der Waals surface area contributed by atoms with Gasteiger partial charge in [0.1, 0.15) is 12.4 Å². The number of aryl methyl sites for hydroxylation is 1. The molecule has 0 bridgehead atoms. The van der Waals surface area contributed by atoms with Crippen molar-refractivity contribution in [1.29, 1.82) is 0 Å². The fourth-order valence-electron chi connectivity index (χ4n) is 2.16. The number of imidazole rings is 1. The van der Waals surface area contributed by atoms with Gasteiger partial charge >= 0.3 is 5.97 Å². The lowest BCUT2D eigenvalue weighted by Gasteiger charge is -2.11. The van der Waals surface area contributed by atoms with Crippen LogP contribution in [0.5, 0.6) is 0 Å². The Morgan fingerprint density at radius 3 is 2.80 bits per heavy atom. The van der Waals surface area contributed by atoms with E-state index >= 15 is 0 Å². The van der Waals surface area contributed by atoms with Crippen molar-refractivity contribution in [2.75, 3.05) is 7.11 Å². The molecule has 0 aliphatic carbocycles. The molecule has 0 aliphatic rings. The molecule has 0 saturated heterocycles. The molecule has 0 aromatic carbocycles. The molecule has 0 radical (unpaired) electrons. The van der Waals surface area contributed by atoms with Gasteiger partial charge in [-0.25, -0.2) is 14.5 Å². The van der Waals surface area contributed by atoms with Crippen LogP contribution in [0.25, 0.3) is 0 Å². The number of esters is 1. The zero-order valence-electron chi connectivity index (χ0n) is 12.2. The van der Waals surface area contributed by atoms with Crippen molar-refractivity contribution in [2.45, 2.75) is 39.8 Å². The summed E-state index contributed by atoms with van der Waals surface area (Å²) < 4.78 is 8.49. The number of ether oxygens (including phenoxy) is 1. The largest absolute Gasteiger partial charge is 0.464 e. The van der Waals surface area contributed by atoms with E-state index in [4.69, 9.17) is 4.74 Å². The van der Waals surface area contributed by atoms with Crippen LogP contribution in [0.3, 0.4) is 0 Å². The average Bonchev–Trinajstić information content (AvgIpc) is 3.04. The lowest BCUT2D eigenvalue weighted by molar-refractivity contribution is 0.0592. The highest BCUT2D eigenvalue weighted by molar-refractivity contribution is 5.88. The van der Waals surface area contributed by atoms with E-state index in [-0.39, 0.29) is 11.6 Å². The standard InChI is InChI=1S/C13H19N5O2/c1-5-17-7-6-14-10(17)8-18-12(9(2)3)11(15-16-18)13(19)20-4/h6-7,9H,5,8H2,1-4H3. The number of rotatable bonds is 5. The van der Waals surface area contributed by atoms with E-state index in [1.54, 1.807) is 10.9 Å². The molecule has 0 spiro atoms. The number of methoxy groups -OCH3 is 1. The molecule has 0 N–H and O–H groups in total. The molecule has 7 heteroatoms. The molecule has 2 aromatic heterocycles. The number of hydrogen-bond acceptors (Lipinski definition) is 5. The molecule has 0 saturated carbocycles. The van der Waals surface area contributed by atoms with E-state index in [2.05, 4.69) is 22.2 Å². The summed E-state index contributed by atoms with van der Waals surface area (Å²) in [6.07, 6.45) is 3.68.